The van der Waals surface area contributed by atoms with Crippen molar-refractivity contribution in [1.82, 2.24) is 5.32 Å². The predicted octanol–water partition coefficient (Wildman–Crippen LogP) is 4.44. The van der Waals surface area contributed by atoms with Gasteiger partial charge in [-0.05, 0) is 43.2 Å². The molecule has 0 spiro atoms. The maximum absolute atomic E-state index is 12.4. The molecule has 138 valence electrons. The largest absolute Gasteiger partial charge is 0.355 e. The van der Waals surface area contributed by atoms with Gasteiger partial charge < -0.3 is 10.6 Å². The fourth-order valence-electron chi connectivity index (χ4n) is 2.67. The molecule has 0 heterocycles. The number of nitrogens with one attached hydrogen (secondary N) is 2. The summed E-state index contributed by atoms with van der Waals surface area (Å²) < 4.78 is 0. The molecule has 2 rings (SSSR count). The first kappa shape index (κ1) is 20.0. The highest BCUT2D eigenvalue weighted by molar-refractivity contribution is 8.00. The molecule has 0 bridgehead atoms. The van der Waals surface area contributed by atoms with E-state index in [1.54, 1.807) is 0 Å². The summed E-state index contributed by atoms with van der Waals surface area (Å²) in [6.45, 7) is 6.17. The molecule has 0 saturated carbocycles. The zero-order chi connectivity index (χ0) is 18.9. The van der Waals surface area contributed by atoms with Gasteiger partial charge >= 0.3 is 0 Å². The number of hydrogen-bond acceptors (Lipinski definition) is 3. The minimum absolute atomic E-state index is 0.0373. The molecule has 26 heavy (non-hydrogen) atoms. The van der Waals surface area contributed by atoms with Crippen molar-refractivity contribution < 1.29 is 9.59 Å². The fourth-order valence-corrected chi connectivity index (χ4v) is 3.56. The van der Waals surface area contributed by atoms with Gasteiger partial charge in [-0.1, -0.05) is 37.3 Å². The van der Waals surface area contributed by atoms with Gasteiger partial charge in [0.2, 0.25) is 11.8 Å². The average Bonchev–Trinajstić information content (AvgIpc) is 2.64. The minimum atomic E-state index is -0.185. The number of rotatable bonds is 8. The second kappa shape index (κ2) is 10.0. The highest BCUT2D eigenvalue weighted by Crippen LogP contribution is 2.25. The Labute approximate surface area is 159 Å². The van der Waals surface area contributed by atoms with E-state index < -0.39 is 0 Å². The SMILES string of the molecule is CC[C@@H](CNC(=O)[C@@H](C)Sc1ccc(NC(C)=O)cc1)c1ccccc1. The summed E-state index contributed by atoms with van der Waals surface area (Å²) in [6, 6.07) is 17.8. The topological polar surface area (TPSA) is 58.2 Å². The summed E-state index contributed by atoms with van der Waals surface area (Å²) in [5.41, 5.74) is 2.01. The van der Waals surface area contributed by atoms with Gasteiger partial charge in [-0.2, -0.15) is 0 Å². The fraction of sp³-hybridized carbons (Fsp3) is 0.333. The van der Waals surface area contributed by atoms with Crippen LogP contribution in [0.4, 0.5) is 5.69 Å². The molecule has 2 N–H and O–H groups in total. The van der Waals surface area contributed by atoms with E-state index in [4.69, 9.17) is 0 Å². The highest BCUT2D eigenvalue weighted by atomic mass is 32.2. The minimum Gasteiger partial charge on any atom is -0.355 e. The van der Waals surface area contributed by atoms with Crippen LogP contribution in [-0.2, 0) is 9.59 Å². The first-order valence-corrected chi connectivity index (χ1v) is 9.74. The summed E-state index contributed by atoms with van der Waals surface area (Å²) in [7, 11) is 0. The molecule has 0 aliphatic heterocycles. The van der Waals surface area contributed by atoms with E-state index in [1.165, 1.54) is 24.2 Å². The molecule has 4 nitrogen and oxygen atoms in total. The molecule has 2 aromatic carbocycles. The maximum Gasteiger partial charge on any atom is 0.233 e. The molecule has 2 amide bonds. The molecule has 0 radical (unpaired) electrons. The molecular weight excluding hydrogens is 344 g/mol. The Balaban J connectivity index is 1.86. The quantitative estimate of drug-likeness (QED) is 0.676. The number of anilines is 1. The molecule has 0 aliphatic carbocycles. The molecular formula is C21H26N2O2S. The molecule has 5 heteroatoms. The van der Waals surface area contributed by atoms with Crippen molar-refractivity contribution in [2.45, 2.75) is 43.3 Å². The van der Waals surface area contributed by atoms with Crippen LogP contribution in [0.5, 0.6) is 0 Å². The van der Waals surface area contributed by atoms with Gasteiger partial charge in [0.25, 0.3) is 0 Å². The molecule has 0 fully saturated rings. The van der Waals surface area contributed by atoms with Gasteiger partial charge in [0, 0.05) is 30.0 Å². The zero-order valence-electron chi connectivity index (χ0n) is 15.5. The summed E-state index contributed by atoms with van der Waals surface area (Å²) >= 11 is 1.51. The van der Waals surface area contributed by atoms with E-state index in [2.05, 4.69) is 29.7 Å². The van der Waals surface area contributed by atoms with E-state index in [9.17, 15) is 9.59 Å². The monoisotopic (exact) mass is 370 g/mol. The van der Waals surface area contributed by atoms with Crippen molar-refractivity contribution in [2.75, 3.05) is 11.9 Å². The van der Waals surface area contributed by atoms with E-state index >= 15 is 0 Å². The van der Waals surface area contributed by atoms with Gasteiger partial charge in [0.15, 0.2) is 0 Å². The van der Waals surface area contributed by atoms with Crippen molar-refractivity contribution in [1.29, 1.82) is 0 Å². The van der Waals surface area contributed by atoms with Crippen LogP contribution in [0.25, 0.3) is 0 Å². The number of hydrogen-bond donors (Lipinski definition) is 2. The third kappa shape index (κ3) is 6.23. The van der Waals surface area contributed by atoms with Crippen LogP contribution < -0.4 is 10.6 Å². The van der Waals surface area contributed by atoms with Crippen LogP contribution in [0, 0.1) is 0 Å². The summed E-state index contributed by atoms with van der Waals surface area (Å²) in [5.74, 6) is 0.270. The van der Waals surface area contributed by atoms with E-state index in [1.807, 2.05) is 49.4 Å². The van der Waals surface area contributed by atoms with Gasteiger partial charge in [-0.25, -0.2) is 0 Å². The van der Waals surface area contributed by atoms with Crippen molar-refractivity contribution in [3.63, 3.8) is 0 Å². The lowest BCUT2D eigenvalue weighted by Gasteiger charge is -2.18. The second-order valence-corrected chi connectivity index (χ2v) is 7.64. The first-order chi connectivity index (χ1) is 12.5. The number of thioether (sulfide) groups is 1. The molecule has 2 aromatic rings. The maximum atomic E-state index is 12.4. The molecule has 0 saturated heterocycles. The summed E-state index contributed by atoms with van der Waals surface area (Å²) in [6.07, 6.45) is 0.983. The Kier molecular flexibility index (Phi) is 7.73. The van der Waals surface area contributed by atoms with Crippen LogP contribution >= 0.6 is 11.8 Å². The number of amides is 2. The normalized spacial score (nSPS) is 12.9. The lowest BCUT2D eigenvalue weighted by Crippen LogP contribution is -2.34. The summed E-state index contributed by atoms with van der Waals surface area (Å²) in [5, 5.41) is 5.62. The van der Waals surface area contributed by atoms with Crippen LogP contribution in [0.1, 0.15) is 38.7 Å². The number of carbonyl (C=O) groups is 2. The predicted molar refractivity (Wildman–Crippen MR) is 109 cm³/mol. The first-order valence-electron chi connectivity index (χ1n) is 8.86. The Morgan fingerprint density at radius 3 is 2.27 bits per heavy atom. The lowest BCUT2D eigenvalue weighted by molar-refractivity contribution is -0.120. The van der Waals surface area contributed by atoms with Crippen LogP contribution in [0.2, 0.25) is 0 Å². The van der Waals surface area contributed by atoms with Crippen molar-refractivity contribution in [3.05, 3.63) is 60.2 Å². The van der Waals surface area contributed by atoms with Gasteiger partial charge in [-0.15, -0.1) is 11.8 Å². The Bertz CT molecular complexity index is 717. The van der Waals surface area contributed by atoms with E-state index in [0.717, 1.165) is 17.0 Å². The molecule has 0 unspecified atom stereocenters. The Hall–Kier alpha value is -2.27. The van der Waals surface area contributed by atoms with Crippen molar-refractivity contribution in [3.8, 4) is 0 Å². The van der Waals surface area contributed by atoms with Gasteiger partial charge in [0.05, 0.1) is 5.25 Å². The zero-order valence-corrected chi connectivity index (χ0v) is 16.3. The second-order valence-electron chi connectivity index (χ2n) is 6.23. The number of carbonyl (C=O) groups excluding carboxylic acids is 2. The molecule has 2 atom stereocenters. The van der Waals surface area contributed by atoms with E-state index in [0.29, 0.717) is 12.5 Å². The van der Waals surface area contributed by atoms with Crippen LogP contribution in [0.15, 0.2) is 59.5 Å². The van der Waals surface area contributed by atoms with Gasteiger partial charge in [0.1, 0.15) is 0 Å². The van der Waals surface area contributed by atoms with Gasteiger partial charge in [-0.3, -0.25) is 9.59 Å². The third-order valence-electron chi connectivity index (χ3n) is 4.14. The average molecular weight is 371 g/mol. The van der Waals surface area contributed by atoms with Crippen LogP contribution in [-0.4, -0.2) is 23.6 Å². The molecule has 0 aliphatic rings. The standard InChI is InChI=1S/C21H26N2O2S/c1-4-17(18-8-6-5-7-9-18)14-22-21(25)15(2)26-20-12-10-19(11-13-20)23-16(3)24/h5-13,15,17H,4,14H2,1-3H3,(H,22,25)(H,23,24)/t15-,17+/m1/s1. The lowest BCUT2D eigenvalue weighted by atomic mass is 9.96. The Morgan fingerprint density at radius 1 is 1.04 bits per heavy atom. The third-order valence-corrected chi connectivity index (χ3v) is 5.26. The van der Waals surface area contributed by atoms with E-state index in [-0.39, 0.29) is 17.1 Å². The highest BCUT2D eigenvalue weighted by Gasteiger charge is 2.16. The number of benzene rings is 2. The van der Waals surface area contributed by atoms with Crippen molar-refractivity contribution in [2.24, 2.45) is 0 Å². The summed E-state index contributed by atoms with van der Waals surface area (Å²) in [4.78, 5) is 24.5. The van der Waals surface area contributed by atoms with Crippen molar-refractivity contribution >= 4 is 29.3 Å². The Morgan fingerprint density at radius 2 is 1.69 bits per heavy atom. The smallest absolute Gasteiger partial charge is 0.233 e. The molecule has 0 aromatic heterocycles. The van der Waals surface area contributed by atoms with Crippen LogP contribution in [0.3, 0.4) is 0 Å².